The van der Waals surface area contributed by atoms with Crippen molar-refractivity contribution in [2.24, 2.45) is 0 Å². The quantitative estimate of drug-likeness (QED) is 0.244. The van der Waals surface area contributed by atoms with E-state index >= 15 is 0 Å². The van der Waals surface area contributed by atoms with Crippen LogP contribution in [0.4, 0.5) is 17.6 Å². The van der Waals surface area contributed by atoms with E-state index < -0.39 is 48.0 Å². The minimum atomic E-state index is -5.18. The number of aromatic nitrogens is 1. The third kappa shape index (κ3) is 6.66. The maximum absolute atomic E-state index is 14.3. The zero-order valence-electron chi connectivity index (χ0n) is 21.8. The summed E-state index contributed by atoms with van der Waals surface area (Å²) in [5.74, 6) is -0.661. The van der Waals surface area contributed by atoms with Crippen molar-refractivity contribution in [1.29, 1.82) is 0 Å². The van der Waals surface area contributed by atoms with Gasteiger partial charge >= 0.3 is 6.18 Å². The number of aryl methyl sites for hydroxylation is 1. The number of carbonyl (C=O) groups excluding carboxylic acids is 1. The highest BCUT2D eigenvalue weighted by atomic mass is 19.4. The Bertz CT molecular complexity index is 1330. The minimum Gasteiger partial charge on any atom is -0.494 e. The van der Waals surface area contributed by atoms with E-state index in [1.165, 1.54) is 64.5 Å². The molecule has 1 heterocycles. The van der Waals surface area contributed by atoms with Gasteiger partial charge in [-0.05, 0) is 74.4 Å². The number of pyridine rings is 1. The number of Topliss-reactive ketones (excluding diaryl/α,β-unsaturated/α-hetero) is 1. The van der Waals surface area contributed by atoms with Crippen LogP contribution in [0, 0.1) is 12.7 Å². The van der Waals surface area contributed by atoms with Crippen molar-refractivity contribution in [3.63, 3.8) is 0 Å². The van der Waals surface area contributed by atoms with Crippen LogP contribution in [0.15, 0.2) is 48.5 Å². The van der Waals surface area contributed by atoms with Crippen LogP contribution in [0.5, 0.6) is 17.2 Å². The fourth-order valence-electron chi connectivity index (χ4n) is 3.86. The van der Waals surface area contributed by atoms with Gasteiger partial charge in [-0.3, -0.25) is 4.79 Å². The summed E-state index contributed by atoms with van der Waals surface area (Å²) in [7, 11) is 2.64. The van der Waals surface area contributed by atoms with Crippen LogP contribution < -0.4 is 14.2 Å². The Balaban J connectivity index is 1.93. The molecular formula is C28H29F4NO6. The number of methoxy groups -OCH3 is 2. The third-order valence-electron chi connectivity index (χ3n) is 6.08. The van der Waals surface area contributed by atoms with Crippen LogP contribution in [-0.4, -0.2) is 54.1 Å². The molecular weight excluding hydrogens is 522 g/mol. The van der Waals surface area contributed by atoms with Gasteiger partial charge in [-0.15, -0.1) is 0 Å². The van der Waals surface area contributed by atoms with Gasteiger partial charge in [0, 0.05) is 17.5 Å². The lowest BCUT2D eigenvalue weighted by Crippen LogP contribution is -2.43. The summed E-state index contributed by atoms with van der Waals surface area (Å²) in [6.07, 6.45) is -7.62. The van der Waals surface area contributed by atoms with Gasteiger partial charge in [0.2, 0.25) is 5.60 Å². The van der Waals surface area contributed by atoms with Crippen molar-refractivity contribution >= 4 is 5.78 Å². The minimum absolute atomic E-state index is 0.0235. The lowest BCUT2D eigenvalue weighted by molar-refractivity contribution is -0.270. The Morgan fingerprint density at radius 2 is 1.67 bits per heavy atom. The van der Waals surface area contributed by atoms with Crippen molar-refractivity contribution < 1.29 is 46.8 Å². The third-order valence-corrected chi connectivity index (χ3v) is 6.08. The number of halogens is 4. The molecule has 3 aromatic rings. The van der Waals surface area contributed by atoms with Crippen molar-refractivity contribution in [3.05, 3.63) is 71.2 Å². The van der Waals surface area contributed by atoms with E-state index in [1.807, 2.05) is 0 Å². The molecule has 0 aliphatic carbocycles. The second-order valence-corrected chi connectivity index (χ2v) is 9.02. The molecule has 0 aliphatic heterocycles. The second kappa shape index (κ2) is 12.0. The lowest BCUT2D eigenvalue weighted by Gasteiger charge is -2.30. The largest absolute Gasteiger partial charge is 0.494 e. The number of aliphatic hydroxyl groups excluding tert-OH is 1. The summed E-state index contributed by atoms with van der Waals surface area (Å²) in [4.78, 5) is 16.9. The van der Waals surface area contributed by atoms with Gasteiger partial charge in [0.05, 0.1) is 26.0 Å². The number of nitrogens with zero attached hydrogens (tertiary/aromatic N) is 1. The highest BCUT2D eigenvalue weighted by Gasteiger charge is 2.56. The molecule has 0 radical (unpaired) electrons. The van der Waals surface area contributed by atoms with Crippen molar-refractivity contribution in [2.75, 3.05) is 20.8 Å². The number of hydrogen-bond acceptors (Lipinski definition) is 7. The first-order chi connectivity index (χ1) is 18.3. The zero-order chi connectivity index (χ0) is 29.0. The van der Waals surface area contributed by atoms with E-state index in [0.29, 0.717) is 0 Å². The standard InChI is InChI=1S/C28H29F4NO6/c1-16-13-19(5-7-20(16)29)26-23(37-3)9-10-25(33-26)27(36,28(30,31)32)12-11-21(35)18-6-8-22(24(14-18)38-4)39-15-17(2)34/h5-10,13-14,17,34,36H,11-12,15H2,1-4H3/t17?,27-/m0/s1. The van der Waals surface area contributed by atoms with Gasteiger partial charge in [0.1, 0.15) is 23.9 Å². The molecule has 0 aliphatic rings. The SMILES string of the molecule is COc1cc(C(=O)CC[C@](O)(c2ccc(OC)c(-c3ccc(F)c(C)c3)n2)C(F)(F)F)ccc1OCC(C)O. The number of carbonyl (C=O) groups is 1. The summed E-state index contributed by atoms with van der Waals surface area (Å²) >= 11 is 0. The molecule has 0 saturated heterocycles. The molecule has 2 aromatic carbocycles. The molecule has 0 bridgehead atoms. The van der Waals surface area contributed by atoms with E-state index in [-0.39, 0.29) is 46.2 Å². The number of hydrogen-bond donors (Lipinski definition) is 2. The summed E-state index contributed by atoms with van der Waals surface area (Å²) < 4.78 is 72.4. The first-order valence-electron chi connectivity index (χ1n) is 11.9. The Morgan fingerprint density at radius 3 is 2.26 bits per heavy atom. The maximum atomic E-state index is 14.3. The Hall–Kier alpha value is -3.70. The molecule has 0 fully saturated rings. The average molecular weight is 552 g/mol. The van der Waals surface area contributed by atoms with Crippen molar-refractivity contribution in [1.82, 2.24) is 4.98 Å². The van der Waals surface area contributed by atoms with Gasteiger partial charge in [0.15, 0.2) is 17.3 Å². The molecule has 7 nitrogen and oxygen atoms in total. The van der Waals surface area contributed by atoms with E-state index in [9.17, 15) is 32.6 Å². The summed E-state index contributed by atoms with van der Waals surface area (Å²) in [6, 6.07) is 10.2. The van der Waals surface area contributed by atoms with Crippen molar-refractivity contribution in [3.8, 4) is 28.5 Å². The van der Waals surface area contributed by atoms with Crippen LogP contribution in [0.3, 0.4) is 0 Å². The predicted octanol–water partition coefficient (Wildman–Crippen LogP) is 5.39. The summed E-state index contributed by atoms with van der Waals surface area (Å²) in [5, 5.41) is 20.3. The number of ether oxygens (including phenoxy) is 3. The molecule has 2 N–H and O–H groups in total. The van der Waals surface area contributed by atoms with Crippen LogP contribution >= 0.6 is 0 Å². The summed E-state index contributed by atoms with van der Waals surface area (Å²) in [5.41, 5.74) is -3.65. The number of benzene rings is 2. The molecule has 3 rings (SSSR count). The average Bonchev–Trinajstić information content (AvgIpc) is 2.90. The fourth-order valence-corrected chi connectivity index (χ4v) is 3.86. The van der Waals surface area contributed by atoms with Gasteiger partial charge in [-0.25, -0.2) is 9.37 Å². The zero-order valence-corrected chi connectivity index (χ0v) is 21.8. The van der Waals surface area contributed by atoms with Crippen molar-refractivity contribution in [2.45, 2.75) is 44.6 Å². The molecule has 0 spiro atoms. The molecule has 0 saturated carbocycles. The first-order valence-corrected chi connectivity index (χ1v) is 11.9. The van der Waals surface area contributed by atoms with E-state index in [2.05, 4.69) is 4.98 Å². The van der Waals surface area contributed by atoms with Gasteiger partial charge < -0.3 is 24.4 Å². The molecule has 39 heavy (non-hydrogen) atoms. The molecule has 1 unspecified atom stereocenters. The van der Waals surface area contributed by atoms with Crippen LogP contribution in [-0.2, 0) is 5.60 Å². The number of alkyl halides is 3. The number of ketones is 1. The van der Waals surface area contributed by atoms with E-state index in [1.54, 1.807) is 0 Å². The van der Waals surface area contributed by atoms with Gasteiger partial charge in [-0.2, -0.15) is 13.2 Å². The van der Waals surface area contributed by atoms with Crippen LogP contribution in [0.1, 0.15) is 41.4 Å². The lowest BCUT2D eigenvalue weighted by atomic mass is 9.89. The highest BCUT2D eigenvalue weighted by Crippen LogP contribution is 2.44. The molecule has 0 amide bonds. The molecule has 2 atom stereocenters. The van der Waals surface area contributed by atoms with Gasteiger partial charge in [0.25, 0.3) is 0 Å². The highest BCUT2D eigenvalue weighted by molar-refractivity contribution is 5.96. The Kier molecular flexibility index (Phi) is 9.18. The van der Waals surface area contributed by atoms with E-state index in [4.69, 9.17) is 14.2 Å². The monoisotopic (exact) mass is 551 g/mol. The number of aliphatic hydroxyl groups is 2. The maximum Gasteiger partial charge on any atom is 0.422 e. The first kappa shape index (κ1) is 29.9. The van der Waals surface area contributed by atoms with Crippen LogP contribution in [0.25, 0.3) is 11.3 Å². The fraction of sp³-hybridized carbons (Fsp3) is 0.357. The van der Waals surface area contributed by atoms with E-state index in [0.717, 1.165) is 12.1 Å². The number of rotatable bonds is 11. The predicted molar refractivity (Wildman–Crippen MR) is 135 cm³/mol. The second-order valence-electron chi connectivity index (χ2n) is 9.02. The topological polar surface area (TPSA) is 98.1 Å². The summed E-state index contributed by atoms with van der Waals surface area (Å²) in [6.45, 7) is 2.98. The molecule has 210 valence electrons. The molecule has 11 heteroatoms. The smallest absolute Gasteiger partial charge is 0.422 e. The van der Waals surface area contributed by atoms with Gasteiger partial charge in [-0.1, -0.05) is 0 Å². The normalized spacial score (nSPS) is 13.9. The Labute approximate surface area is 223 Å². The molecule has 1 aromatic heterocycles. The van der Waals surface area contributed by atoms with Crippen LogP contribution in [0.2, 0.25) is 0 Å². The Morgan fingerprint density at radius 1 is 1.00 bits per heavy atom.